The van der Waals surface area contributed by atoms with Crippen LogP contribution in [0.3, 0.4) is 0 Å². The first kappa shape index (κ1) is 23.4. The Labute approximate surface area is 201 Å². The number of nitrogens with zero attached hydrogens (tertiary/aromatic N) is 2. The number of rotatable bonds is 7. The van der Waals surface area contributed by atoms with Crippen molar-refractivity contribution in [3.8, 4) is 5.75 Å². The van der Waals surface area contributed by atoms with E-state index in [1.54, 1.807) is 30.2 Å². The van der Waals surface area contributed by atoms with Gasteiger partial charge in [-0.3, -0.25) is 9.69 Å². The van der Waals surface area contributed by atoms with Crippen LogP contribution < -0.4 is 15.0 Å². The van der Waals surface area contributed by atoms with Crippen LogP contribution in [0.4, 0.5) is 16.2 Å². The number of para-hydroxylation sites is 1. The fourth-order valence-electron chi connectivity index (χ4n) is 4.18. The standard InChI is InChI=1S/C28H31N3O3/c1-20(2)22-14-12-21(13-15-22)19-30-16-7-17-31(28(30)33)24-9-6-8-23(18-24)29-27(32)25-10-4-5-11-26(25)34-3/h4-6,8-15,18,20H,7,16-17,19H2,1-3H3,(H,29,32). The molecule has 4 rings (SSSR count). The SMILES string of the molecule is COc1ccccc1C(=O)Nc1cccc(N2CCCN(Cc3ccc(C(C)C)cc3)C2=O)c1. The Bertz CT molecular complexity index is 1160. The monoisotopic (exact) mass is 457 g/mol. The molecule has 3 amide bonds. The van der Waals surface area contributed by atoms with Crippen LogP contribution in [-0.4, -0.2) is 37.0 Å². The molecule has 176 valence electrons. The molecule has 1 fully saturated rings. The number of urea groups is 1. The maximum atomic E-state index is 13.3. The van der Waals surface area contributed by atoms with Gasteiger partial charge in [-0.1, -0.05) is 56.3 Å². The minimum Gasteiger partial charge on any atom is -0.496 e. The minimum atomic E-state index is -0.258. The Kier molecular flexibility index (Phi) is 7.16. The summed E-state index contributed by atoms with van der Waals surface area (Å²) in [6, 6.07) is 23.0. The second-order valence-corrected chi connectivity index (χ2v) is 8.81. The quantitative estimate of drug-likeness (QED) is 0.480. The van der Waals surface area contributed by atoms with Gasteiger partial charge in [0.15, 0.2) is 0 Å². The largest absolute Gasteiger partial charge is 0.496 e. The van der Waals surface area contributed by atoms with Gasteiger partial charge in [-0.2, -0.15) is 0 Å². The van der Waals surface area contributed by atoms with Gasteiger partial charge in [-0.15, -0.1) is 0 Å². The summed E-state index contributed by atoms with van der Waals surface area (Å²) in [6.45, 7) is 6.30. The summed E-state index contributed by atoms with van der Waals surface area (Å²) in [5, 5.41) is 2.92. The van der Waals surface area contributed by atoms with Gasteiger partial charge < -0.3 is 15.0 Å². The van der Waals surface area contributed by atoms with Crippen molar-refractivity contribution in [1.29, 1.82) is 0 Å². The van der Waals surface area contributed by atoms with E-state index in [0.29, 0.717) is 36.0 Å². The van der Waals surface area contributed by atoms with Gasteiger partial charge in [0.1, 0.15) is 5.75 Å². The molecule has 0 bridgehead atoms. The lowest BCUT2D eigenvalue weighted by molar-refractivity contribution is 0.102. The summed E-state index contributed by atoms with van der Waals surface area (Å²) >= 11 is 0. The number of carbonyl (C=O) groups excluding carboxylic acids is 2. The third-order valence-corrected chi connectivity index (χ3v) is 6.10. The molecule has 0 radical (unpaired) electrons. The molecule has 3 aromatic rings. The normalized spacial score (nSPS) is 13.8. The van der Waals surface area contributed by atoms with E-state index in [0.717, 1.165) is 24.2 Å². The molecular formula is C28H31N3O3. The summed E-state index contributed by atoms with van der Waals surface area (Å²) in [5.74, 6) is 0.738. The predicted octanol–water partition coefficient (Wildman–Crippen LogP) is 5.90. The number of nitrogens with one attached hydrogen (secondary N) is 1. The zero-order valence-electron chi connectivity index (χ0n) is 20.0. The summed E-state index contributed by atoms with van der Waals surface area (Å²) < 4.78 is 5.30. The van der Waals surface area contributed by atoms with Crippen molar-refractivity contribution in [2.75, 3.05) is 30.4 Å². The molecule has 0 spiro atoms. The van der Waals surface area contributed by atoms with Crippen molar-refractivity contribution in [2.24, 2.45) is 0 Å². The van der Waals surface area contributed by atoms with E-state index in [1.807, 2.05) is 35.2 Å². The number of amides is 3. The van der Waals surface area contributed by atoms with E-state index in [1.165, 1.54) is 5.56 Å². The average molecular weight is 458 g/mol. The van der Waals surface area contributed by atoms with E-state index in [2.05, 4.69) is 43.4 Å². The topological polar surface area (TPSA) is 61.9 Å². The van der Waals surface area contributed by atoms with Crippen molar-refractivity contribution in [1.82, 2.24) is 4.90 Å². The maximum Gasteiger partial charge on any atom is 0.324 e. The zero-order valence-corrected chi connectivity index (χ0v) is 20.0. The molecule has 0 atom stereocenters. The summed E-state index contributed by atoms with van der Waals surface area (Å²) in [6.07, 6.45) is 0.883. The smallest absolute Gasteiger partial charge is 0.324 e. The first-order valence-corrected chi connectivity index (χ1v) is 11.7. The average Bonchev–Trinajstić information content (AvgIpc) is 2.85. The predicted molar refractivity (Wildman–Crippen MR) is 136 cm³/mol. The molecule has 3 aromatic carbocycles. The molecule has 6 heteroatoms. The lowest BCUT2D eigenvalue weighted by atomic mass is 10.0. The van der Waals surface area contributed by atoms with E-state index in [4.69, 9.17) is 4.74 Å². The molecule has 0 unspecified atom stereocenters. The van der Waals surface area contributed by atoms with Gasteiger partial charge in [0.25, 0.3) is 5.91 Å². The fourth-order valence-corrected chi connectivity index (χ4v) is 4.18. The summed E-state index contributed by atoms with van der Waals surface area (Å²) in [7, 11) is 1.54. The van der Waals surface area contributed by atoms with Crippen LogP contribution in [0.2, 0.25) is 0 Å². The highest BCUT2D eigenvalue weighted by Gasteiger charge is 2.27. The van der Waals surface area contributed by atoms with Crippen LogP contribution >= 0.6 is 0 Å². The zero-order chi connectivity index (χ0) is 24.1. The lowest BCUT2D eigenvalue weighted by Crippen LogP contribution is -2.49. The van der Waals surface area contributed by atoms with Crippen LogP contribution in [0.25, 0.3) is 0 Å². The highest BCUT2D eigenvalue weighted by Crippen LogP contribution is 2.26. The van der Waals surface area contributed by atoms with Gasteiger partial charge in [0.05, 0.1) is 12.7 Å². The van der Waals surface area contributed by atoms with E-state index in [-0.39, 0.29) is 11.9 Å². The Balaban J connectivity index is 1.47. The molecule has 0 aliphatic carbocycles. The van der Waals surface area contributed by atoms with Gasteiger partial charge in [-0.05, 0) is 53.8 Å². The number of carbonyl (C=O) groups is 2. The first-order valence-electron chi connectivity index (χ1n) is 11.7. The second kappa shape index (κ2) is 10.4. The van der Waals surface area contributed by atoms with Gasteiger partial charge in [0, 0.05) is 31.0 Å². The van der Waals surface area contributed by atoms with Gasteiger partial charge in [-0.25, -0.2) is 4.79 Å². The third kappa shape index (κ3) is 5.22. The Morgan fingerprint density at radius 2 is 1.76 bits per heavy atom. The maximum absolute atomic E-state index is 13.3. The van der Waals surface area contributed by atoms with Crippen molar-refractivity contribution < 1.29 is 14.3 Å². The molecule has 1 heterocycles. The summed E-state index contributed by atoms with van der Waals surface area (Å²) in [5.41, 5.74) is 4.27. The molecule has 0 aromatic heterocycles. The lowest BCUT2D eigenvalue weighted by Gasteiger charge is -2.36. The van der Waals surface area contributed by atoms with Crippen LogP contribution in [0.5, 0.6) is 5.75 Å². The Hall–Kier alpha value is -3.80. The highest BCUT2D eigenvalue weighted by molar-refractivity contribution is 6.06. The molecule has 34 heavy (non-hydrogen) atoms. The van der Waals surface area contributed by atoms with Crippen LogP contribution in [-0.2, 0) is 6.54 Å². The number of hydrogen-bond donors (Lipinski definition) is 1. The molecule has 1 aliphatic heterocycles. The van der Waals surface area contributed by atoms with Gasteiger partial charge >= 0.3 is 6.03 Å². The van der Waals surface area contributed by atoms with Crippen molar-refractivity contribution in [2.45, 2.75) is 32.7 Å². The van der Waals surface area contributed by atoms with Crippen LogP contribution in [0, 0.1) is 0 Å². The van der Waals surface area contributed by atoms with Crippen molar-refractivity contribution in [3.05, 3.63) is 89.5 Å². The fraction of sp³-hybridized carbons (Fsp3) is 0.286. The van der Waals surface area contributed by atoms with Gasteiger partial charge in [0.2, 0.25) is 0 Å². The van der Waals surface area contributed by atoms with E-state index in [9.17, 15) is 9.59 Å². The molecular weight excluding hydrogens is 426 g/mol. The number of benzene rings is 3. The van der Waals surface area contributed by atoms with Crippen LogP contribution in [0.1, 0.15) is 47.7 Å². The molecule has 1 N–H and O–H groups in total. The first-order chi connectivity index (χ1) is 16.5. The van der Waals surface area contributed by atoms with Crippen LogP contribution in [0.15, 0.2) is 72.8 Å². The number of ether oxygens (including phenoxy) is 1. The van der Waals surface area contributed by atoms with E-state index < -0.39 is 0 Å². The highest BCUT2D eigenvalue weighted by atomic mass is 16.5. The molecule has 1 saturated heterocycles. The van der Waals surface area contributed by atoms with E-state index >= 15 is 0 Å². The summed E-state index contributed by atoms with van der Waals surface area (Å²) in [4.78, 5) is 29.7. The number of hydrogen-bond acceptors (Lipinski definition) is 3. The van der Waals surface area contributed by atoms with Crippen molar-refractivity contribution in [3.63, 3.8) is 0 Å². The molecule has 0 saturated carbocycles. The molecule has 1 aliphatic rings. The number of anilines is 2. The second-order valence-electron chi connectivity index (χ2n) is 8.81. The third-order valence-electron chi connectivity index (χ3n) is 6.10. The minimum absolute atomic E-state index is 0.0209. The van der Waals surface area contributed by atoms with Crippen molar-refractivity contribution >= 4 is 23.3 Å². The number of methoxy groups -OCH3 is 1. The Morgan fingerprint density at radius 3 is 2.50 bits per heavy atom. The molecule has 6 nitrogen and oxygen atoms in total. The Morgan fingerprint density at radius 1 is 1.00 bits per heavy atom.